The Kier molecular flexibility index (Phi) is 4.53. The summed E-state index contributed by atoms with van der Waals surface area (Å²) in [6.07, 6.45) is 3.47. The van der Waals surface area contributed by atoms with Gasteiger partial charge in [0.15, 0.2) is 0 Å². The molecule has 0 spiro atoms. The maximum absolute atomic E-state index is 12.8. The van der Waals surface area contributed by atoms with Crippen molar-refractivity contribution in [3.8, 4) is 0 Å². The zero-order chi connectivity index (χ0) is 17.3. The number of rotatable bonds is 4. The predicted octanol–water partition coefficient (Wildman–Crippen LogP) is 1.44. The molecule has 0 radical (unpaired) electrons. The molecule has 1 fully saturated rings. The average Bonchev–Trinajstić information content (AvgIpc) is 3.14. The van der Waals surface area contributed by atoms with Crippen LogP contribution in [0.5, 0.6) is 0 Å². The van der Waals surface area contributed by atoms with E-state index < -0.39 is 0 Å². The van der Waals surface area contributed by atoms with E-state index in [0.717, 1.165) is 37.3 Å². The van der Waals surface area contributed by atoms with E-state index in [1.165, 1.54) is 0 Å². The summed E-state index contributed by atoms with van der Waals surface area (Å²) in [5, 5.41) is 4.65. The zero-order valence-electron chi connectivity index (χ0n) is 14.4. The minimum atomic E-state index is -0.00943. The van der Waals surface area contributed by atoms with E-state index in [0.29, 0.717) is 11.4 Å². The van der Waals surface area contributed by atoms with Crippen LogP contribution in [0.1, 0.15) is 40.6 Å². The Morgan fingerprint density at radius 2 is 2.21 bits per heavy atom. The van der Waals surface area contributed by atoms with Crippen molar-refractivity contribution in [2.75, 3.05) is 26.4 Å². The van der Waals surface area contributed by atoms with Crippen LogP contribution in [-0.2, 0) is 13.6 Å². The van der Waals surface area contributed by atoms with Gasteiger partial charge in [-0.3, -0.25) is 9.48 Å². The molecule has 1 aliphatic rings. The Bertz CT molecular complexity index is 721. The number of aryl methyl sites for hydroxylation is 1. The SMILES string of the molecule is CN(C)Cc1cc([C@H]2CCCN2C(=O)c2ccc(N)nc2)nn1C. The van der Waals surface area contributed by atoms with Crippen LogP contribution in [0.3, 0.4) is 0 Å². The highest BCUT2D eigenvalue weighted by Gasteiger charge is 2.32. The van der Waals surface area contributed by atoms with Gasteiger partial charge in [-0.25, -0.2) is 4.98 Å². The Morgan fingerprint density at radius 1 is 1.42 bits per heavy atom. The number of nitrogens with two attached hydrogens (primary N) is 1. The fraction of sp³-hybridized carbons (Fsp3) is 0.471. The summed E-state index contributed by atoms with van der Waals surface area (Å²) in [7, 11) is 6.02. The van der Waals surface area contributed by atoms with Crippen molar-refractivity contribution in [3.05, 3.63) is 41.3 Å². The molecule has 3 rings (SSSR count). The molecule has 0 saturated carbocycles. The fourth-order valence-electron chi connectivity index (χ4n) is 3.18. The number of aromatic nitrogens is 3. The second-order valence-electron chi connectivity index (χ2n) is 6.55. The van der Waals surface area contributed by atoms with Crippen molar-refractivity contribution >= 4 is 11.7 Å². The third-order valence-corrected chi connectivity index (χ3v) is 4.36. The molecule has 7 nitrogen and oxygen atoms in total. The Balaban J connectivity index is 1.83. The first-order chi connectivity index (χ1) is 11.5. The lowest BCUT2D eigenvalue weighted by Crippen LogP contribution is -2.31. The summed E-state index contributed by atoms with van der Waals surface area (Å²) in [5.74, 6) is 0.410. The number of hydrogen-bond donors (Lipinski definition) is 1. The molecule has 3 heterocycles. The molecular formula is C17H24N6O. The van der Waals surface area contributed by atoms with Crippen molar-refractivity contribution < 1.29 is 4.79 Å². The number of nitrogen functional groups attached to an aromatic ring is 1. The summed E-state index contributed by atoms with van der Waals surface area (Å²) in [4.78, 5) is 20.8. The molecule has 1 amide bonds. The Morgan fingerprint density at radius 3 is 2.88 bits per heavy atom. The summed E-state index contributed by atoms with van der Waals surface area (Å²) < 4.78 is 1.90. The molecule has 1 aliphatic heterocycles. The summed E-state index contributed by atoms with van der Waals surface area (Å²) in [5.41, 5.74) is 8.28. The van der Waals surface area contributed by atoms with Gasteiger partial charge in [0.1, 0.15) is 5.82 Å². The van der Waals surface area contributed by atoms with E-state index in [4.69, 9.17) is 5.73 Å². The van der Waals surface area contributed by atoms with E-state index in [-0.39, 0.29) is 11.9 Å². The Labute approximate surface area is 142 Å². The predicted molar refractivity (Wildman–Crippen MR) is 92.3 cm³/mol. The molecule has 0 bridgehead atoms. The minimum absolute atomic E-state index is 0.00943. The van der Waals surface area contributed by atoms with Gasteiger partial charge in [-0.05, 0) is 45.1 Å². The second-order valence-corrected chi connectivity index (χ2v) is 6.55. The molecule has 0 aliphatic carbocycles. The van der Waals surface area contributed by atoms with Gasteiger partial charge in [0, 0.05) is 26.3 Å². The molecule has 2 aromatic rings. The van der Waals surface area contributed by atoms with Crippen LogP contribution in [0.2, 0.25) is 0 Å². The topological polar surface area (TPSA) is 80.3 Å². The molecule has 128 valence electrons. The van der Waals surface area contributed by atoms with Crippen LogP contribution in [0.25, 0.3) is 0 Å². The number of nitrogens with zero attached hydrogens (tertiary/aromatic N) is 5. The lowest BCUT2D eigenvalue weighted by atomic mass is 10.1. The zero-order valence-corrected chi connectivity index (χ0v) is 14.4. The quantitative estimate of drug-likeness (QED) is 0.918. The molecule has 0 unspecified atom stereocenters. The lowest BCUT2D eigenvalue weighted by Gasteiger charge is -2.23. The first-order valence-electron chi connectivity index (χ1n) is 8.15. The van der Waals surface area contributed by atoms with Gasteiger partial charge in [-0.1, -0.05) is 0 Å². The van der Waals surface area contributed by atoms with Gasteiger partial charge in [0.05, 0.1) is 23.0 Å². The van der Waals surface area contributed by atoms with Crippen molar-refractivity contribution in [1.82, 2.24) is 24.6 Å². The average molecular weight is 328 g/mol. The second kappa shape index (κ2) is 6.60. The van der Waals surface area contributed by atoms with E-state index in [1.54, 1.807) is 18.3 Å². The van der Waals surface area contributed by atoms with Gasteiger partial charge in [-0.15, -0.1) is 0 Å². The summed E-state index contributed by atoms with van der Waals surface area (Å²) >= 11 is 0. The number of pyridine rings is 1. The van der Waals surface area contributed by atoms with Gasteiger partial charge < -0.3 is 15.5 Å². The van der Waals surface area contributed by atoms with Crippen molar-refractivity contribution in [2.24, 2.45) is 7.05 Å². The highest BCUT2D eigenvalue weighted by molar-refractivity contribution is 5.94. The molecule has 1 atom stereocenters. The van der Waals surface area contributed by atoms with Crippen molar-refractivity contribution in [3.63, 3.8) is 0 Å². The van der Waals surface area contributed by atoms with Gasteiger partial charge in [0.25, 0.3) is 5.91 Å². The van der Waals surface area contributed by atoms with Crippen LogP contribution >= 0.6 is 0 Å². The van der Waals surface area contributed by atoms with Crippen LogP contribution in [-0.4, -0.2) is 51.1 Å². The van der Waals surface area contributed by atoms with Crippen LogP contribution in [0.4, 0.5) is 5.82 Å². The number of hydrogen-bond acceptors (Lipinski definition) is 5. The summed E-state index contributed by atoms with van der Waals surface area (Å²) in [6.45, 7) is 1.57. The standard InChI is InChI=1S/C17H24N6O/c1-21(2)11-13-9-14(20-22(13)3)15-5-4-8-23(15)17(24)12-6-7-16(18)19-10-12/h6-7,9-10,15H,4-5,8,11H2,1-3H3,(H2,18,19)/t15-/m1/s1. The fourth-order valence-corrected chi connectivity index (χ4v) is 3.18. The number of anilines is 1. The normalized spacial score (nSPS) is 17.7. The van der Waals surface area contributed by atoms with Crippen LogP contribution < -0.4 is 5.73 Å². The lowest BCUT2D eigenvalue weighted by molar-refractivity contribution is 0.0732. The third kappa shape index (κ3) is 3.26. The number of carbonyl (C=O) groups is 1. The molecule has 0 aromatic carbocycles. The van der Waals surface area contributed by atoms with Crippen molar-refractivity contribution in [2.45, 2.75) is 25.4 Å². The number of amides is 1. The first kappa shape index (κ1) is 16.4. The molecular weight excluding hydrogens is 304 g/mol. The van der Waals surface area contributed by atoms with Gasteiger partial charge in [0.2, 0.25) is 0 Å². The smallest absolute Gasteiger partial charge is 0.255 e. The highest BCUT2D eigenvalue weighted by atomic mass is 16.2. The van der Waals surface area contributed by atoms with Gasteiger partial charge >= 0.3 is 0 Å². The van der Waals surface area contributed by atoms with Crippen molar-refractivity contribution in [1.29, 1.82) is 0 Å². The van der Waals surface area contributed by atoms with E-state index >= 15 is 0 Å². The molecule has 7 heteroatoms. The Hall–Kier alpha value is -2.41. The maximum Gasteiger partial charge on any atom is 0.255 e. The van der Waals surface area contributed by atoms with Crippen LogP contribution in [0, 0.1) is 0 Å². The molecule has 2 aromatic heterocycles. The number of likely N-dealkylation sites (tertiary alicyclic amines) is 1. The minimum Gasteiger partial charge on any atom is -0.384 e. The van der Waals surface area contributed by atoms with Gasteiger partial charge in [-0.2, -0.15) is 5.10 Å². The summed E-state index contributed by atoms with van der Waals surface area (Å²) in [6, 6.07) is 5.53. The van der Waals surface area contributed by atoms with E-state index in [1.807, 2.05) is 30.7 Å². The highest BCUT2D eigenvalue weighted by Crippen LogP contribution is 2.32. The molecule has 1 saturated heterocycles. The third-order valence-electron chi connectivity index (χ3n) is 4.36. The molecule has 2 N–H and O–H groups in total. The maximum atomic E-state index is 12.8. The monoisotopic (exact) mass is 328 g/mol. The van der Waals surface area contributed by atoms with E-state index in [2.05, 4.69) is 21.0 Å². The first-order valence-corrected chi connectivity index (χ1v) is 8.15. The molecule has 24 heavy (non-hydrogen) atoms. The van der Waals surface area contributed by atoms with Crippen LogP contribution in [0.15, 0.2) is 24.4 Å². The van der Waals surface area contributed by atoms with E-state index in [9.17, 15) is 4.79 Å². The largest absolute Gasteiger partial charge is 0.384 e. The number of carbonyl (C=O) groups excluding carboxylic acids is 1.